The summed E-state index contributed by atoms with van der Waals surface area (Å²) in [5, 5.41) is 10.7. The molecule has 1 saturated heterocycles. The summed E-state index contributed by atoms with van der Waals surface area (Å²) >= 11 is 0. The Bertz CT molecular complexity index is 975. The zero-order valence-corrected chi connectivity index (χ0v) is 18.7. The van der Waals surface area contributed by atoms with Gasteiger partial charge in [-0.05, 0) is 72.8 Å². The molecule has 2 aromatic carbocycles. The largest absolute Gasteiger partial charge is 0.384 e. The van der Waals surface area contributed by atoms with Gasteiger partial charge in [0.1, 0.15) is 11.9 Å². The number of hydrogen-bond donors (Lipinski definition) is 1. The van der Waals surface area contributed by atoms with Crippen molar-refractivity contribution in [3.05, 3.63) is 95.6 Å². The molecule has 4 nitrogen and oxygen atoms in total. The van der Waals surface area contributed by atoms with Crippen LogP contribution < -0.4 is 4.90 Å². The minimum Gasteiger partial charge on any atom is -0.384 e. The van der Waals surface area contributed by atoms with Crippen molar-refractivity contribution in [3.63, 3.8) is 0 Å². The second kappa shape index (κ2) is 10.7. The maximum Gasteiger partial charge on any atom is 0.123 e. The van der Waals surface area contributed by atoms with Crippen molar-refractivity contribution in [2.24, 2.45) is 0 Å². The molecule has 0 amide bonds. The van der Waals surface area contributed by atoms with Gasteiger partial charge in [-0.25, -0.2) is 4.39 Å². The first-order chi connectivity index (χ1) is 15.7. The van der Waals surface area contributed by atoms with Crippen molar-refractivity contribution in [3.8, 4) is 0 Å². The lowest BCUT2D eigenvalue weighted by Crippen LogP contribution is -2.44. The number of aliphatic hydroxyl groups excluding tert-OH is 1. The average molecular weight is 434 g/mol. The van der Waals surface area contributed by atoms with Gasteiger partial charge in [0.25, 0.3) is 0 Å². The van der Waals surface area contributed by atoms with Gasteiger partial charge in [0, 0.05) is 43.8 Å². The Morgan fingerprint density at radius 2 is 1.69 bits per heavy atom. The Hall–Kier alpha value is -2.76. The number of halogens is 1. The predicted octanol–water partition coefficient (Wildman–Crippen LogP) is 4.84. The topological polar surface area (TPSA) is 39.6 Å². The van der Waals surface area contributed by atoms with Crippen molar-refractivity contribution < 1.29 is 9.50 Å². The van der Waals surface area contributed by atoms with Crippen LogP contribution in [-0.2, 0) is 6.42 Å². The van der Waals surface area contributed by atoms with Gasteiger partial charge < -0.3 is 14.9 Å². The van der Waals surface area contributed by atoms with Crippen molar-refractivity contribution in [1.82, 2.24) is 9.88 Å². The van der Waals surface area contributed by atoms with Gasteiger partial charge in [-0.15, -0.1) is 0 Å². The molecular weight excluding hydrogens is 401 g/mol. The third kappa shape index (κ3) is 5.34. The molecule has 0 radical (unpaired) electrons. The van der Waals surface area contributed by atoms with E-state index in [1.54, 1.807) is 30.6 Å². The highest BCUT2D eigenvalue weighted by Gasteiger charge is 2.29. The van der Waals surface area contributed by atoms with Crippen LogP contribution in [0.25, 0.3) is 0 Å². The molecule has 1 atom stereocenters. The number of benzene rings is 2. The molecule has 3 heterocycles. The smallest absolute Gasteiger partial charge is 0.123 e. The molecule has 0 aliphatic carbocycles. The summed E-state index contributed by atoms with van der Waals surface area (Å²) in [6.45, 7) is 6.92. The minimum absolute atomic E-state index is 0.178. The van der Waals surface area contributed by atoms with Gasteiger partial charge in [0.05, 0.1) is 0 Å². The zero-order valence-electron chi connectivity index (χ0n) is 18.7. The molecule has 2 aliphatic rings. The standard InChI is InChI=1S/C21H27N3O.C6H5F/c1-2-23-12-8-19(9-13-23)24-14-7-16-3-4-18(15-20(16)24)21(25)17-5-10-22-11-6-17;7-6-4-2-1-3-5-6/h3-6,10-11,15,19,21,25H,2,7-9,12-14H2,1H3;1-5H. The second-order valence-corrected chi connectivity index (χ2v) is 8.48. The van der Waals surface area contributed by atoms with Crippen molar-refractivity contribution in [2.75, 3.05) is 31.1 Å². The summed E-state index contributed by atoms with van der Waals surface area (Å²) in [4.78, 5) is 9.17. The maximum absolute atomic E-state index is 11.9. The number of fused-ring (bicyclic) bond motifs is 1. The molecule has 2 aliphatic heterocycles. The minimum atomic E-state index is -0.585. The lowest BCUT2D eigenvalue weighted by Gasteiger charge is -2.37. The summed E-state index contributed by atoms with van der Waals surface area (Å²) in [6.07, 6.45) is 6.49. The first kappa shape index (κ1) is 22.4. The van der Waals surface area contributed by atoms with E-state index in [1.165, 1.54) is 49.3 Å². The summed E-state index contributed by atoms with van der Waals surface area (Å²) < 4.78 is 11.9. The van der Waals surface area contributed by atoms with E-state index in [4.69, 9.17) is 0 Å². The summed E-state index contributed by atoms with van der Waals surface area (Å²) in [5.41, 5.74) is 4.63. The Kier molecular flexibility index (Phi) is 7.51. The maximum atomic E-state index is 11.9. The molecule has 0 bridgehead atoms. The number of likely N-dealkylation sites (tertiary alicyclic amines) is 1. The number of pyridine rings is 1. The predicted molar refractivity (Wildman–Crippen MR) is 127 cm³/mol. The van der Waals surface area contributed by atoms with E-state index in [2.05, 4.69) is 39.9 Å². The Labute approximate surface area is 190 Å². The van der Waals surface area contributed by atoms with E-state index in [9.17, 15) is 9.50 Å². The van der Waals surface area contributed by atoms with Crippen LogP contribution in [0.5, 0.6) is 0 Å². The number of nitrogens with zero attached hydrogens (tertiary/aromatic N) is 3. The molecule has 3 aromatic rings. The third-order valence-electron chi connectivity index (χ3n) is 6.56. The van der Waals surface area contributed by atoms with E-state index in [1.807, 2.05) is 12.1 Å². The van der Waals surface area contributed by atoms with Crippen molar-refractivity contribution in [1.29, 1.82) is 0 Å². The number of aliphatic hydroxyl groups is 1. The fourth-order valence-electron chi connectivity index (χ4n) is 4.67. The molecule has 1 aromatic heterocycles. The highest BCUT2D eigenvalue weighted by atomic mass is 19.1. The van der Waals surface area contributed by atoms with Crippen LogP contribution in [-0.4, -0.2) is 47.2 Å². The number of hydrogen-bond acceptors (Lipinski definition) is 4. The fraction of sp³-hybridized carbons (Fsp3) is 0.370. The van der Waals surface area contributed by atoms with E-state index < -0.39 is 6.10 Å². The molecule has 5 heteroatoms. The summed E-state index contributed by atoms with van der Waals surface area (Å²) in [5.74, 6) is -0.178. The van der Waals surface area contributed by atoms with Crippen LogP contribution in [0.1, 0.15) is 42.6 Å². The van der Waals surface area contributed by atoms with E-state index >= 15 is 0 Å². The van der Waals surface area contributed by atoms with Crippen LogP contribution in [0.3, 0.4) is 0 Å². The number of rotatable bonds is 4. The lowest BCUT2D eigenvalue weighted by molar-refractivity contribution is 0.218. The molecule has 0 saturated carbocycles. The van der Waals surface area contributed by atoms with Gasteiger partial charge in [-0.3, -0.25) is 4.98 Å². The summed E-state index contributed by atoms with van der Waals surface area (Å²) in [7, 11) is 0. The average Bonchev–Trinajstić information content (AvgIpc) is 3.28. The molecule has 168 valence electrons. The van der Waals surface area contributed by atoms with E-state index in [0.29, 0.717) is 6.04 Å². The van der Waals surface area contributed by atoms with Gasteiger partial charge in [0.15, 0.2) is 0 Å². The highest BCUT2D eigenvalue weighted by molar-refractivity contribution is 5.61. The number of piperidine rings is 1. The third-order valence-corrected chi connectivity index (χ3v) is 6.56. The second-order valence-electron chi connectivity index (χ2n) is 8.48. The molecule has 1 fully saturated rings. The molecule has 0 spiro atoms. The van der Waals surface area contributed by atoms with E-state index in [-0.39, 0.29) is 5.82 Å². The fourth-order valence-corrected chi connectivity index (χ4v) is 4.67. The molecule has 1 unspecified atom stereocenters. The van der Waals surface area contributed by atoms with Crippen LogP contribution in [0, 0.1) is 5.82 Å². The Morgan fingerprint density at radius 1 is 0.969 bits per heavy atom. The van der Waals surface area contributed by atoms with Crippen molar-refractivity contribution in [2.45, 2.75) is 38.3 Å². The van der Waals surface area contributed by atoms with Crippen LogP contribution in [0.15, 0.2) is 73.1 Å². The highest BCUT2D eigenvalue weighted by Crippen LogP contribution is 2.35. The van der Waals surface area contributed by atoms with Crippen molar-refractivity contribution >= 4 is 5.69 Å². The Morgan fingerprint density at radius 3 is 2.31 bits per heavy atom. The molecule has 32 heavy (non-hydrogen) atoms. The number of aromatic nitrogens is 1. The van der Waals surface area contributed by atoms with Crippen LogP contribution >= 0.6 is 0 Å². The number of anilines is 1. The lowest BCUT2D eigenvalue weighted by atomic mass is 9.99. The first-order valence-electron chi connectivity index (χ1n) is 11.6. The first-order valence-corrected chi connectivity index (χ1v) is 11.6. The monoisotopic (exact) mass is 433 g/mol. The molecule has 5 rings (SSSR count). The quantitative estimate of drug-likeness (QED) is 0.639. The van der Waals surface area contributed by atoms with E-state index in [0.717, 1.165) is 30.6 Å². The zero-order chi connectivity index (χ0) is 22.3. The molecule has 1 N–H and O–H groups in total. The summed E-state index contributed by atoms with van der Waals surface area (Å²) in [6, 6.07) is 18.8. The molecular formula is C27H32FN3O. The SMILES string of the molecule is CCN1CCC(N2CCc3ccc(C(O)c4ccncc4)cc32)CC1.Fc1ccccc1. The van der Waals surface area contributed by atoms with Gasteiger partial charge in [-0.1, -0.05) is 37.3 Å². The Balaban J connectivity index is 0.000000300. The van der Waals surface area contributed by atoms with Gasteiger partial charge in [0.2, 0.25) is 0 Å². The van der Waals surface area contributed by atoms with Crippen LogP contribution in [0.4, 0.5) is 10.1 Å². The normalized spacial score (nSPS) is 17.4. The van der Waals surface area contributed by atoms with Gasteiger partial charge in [-0.2, -0.15) is 0 Å². The van der Waals surface area contributed by atoms with Gasteiger partial charge >= 0.3 is 0 Å². The van der Waals surface area contributed by atoms with Crippen LogP contribution in [0.2, 0.25) is 0 Å².